The average Bonchev–Trinajstić information content (AvgIpc) is 3.16. The van der Waals surface area contributed by atoms with Crippen LogP contribution < -0.4 is 5.32 Å². The van der Waals surface area contributed by atoms with Gasteiger partial charge >= 0.3 is 0 Å². The Morgan fingerprint density at radius 1 is 1.08 bits per heavy atom. The van der Waals surface area contributed by atoms with Crippen LogP contribution >= 0.6 is 22.6 Å². The maximum atomic E-state index is 12.5. The van der Waals surface area contributed by atoms with Crippen LogP contribution in [0.5, 0.6) is 0 Å². The van der Waals surface area contributed by atoms with Gasteiger partial charge in [0.2, 0.25) is 15.9 Å². The number of aryl methyl sites for hydroxylation is 1. The first-order chi connectivity index (χ1) is 12.4. The second-order valence-electron chi connectivity index (χ2n) is 6.31. The summed E-state index contributed by atoms with van der Waals surface area (Å²) in [5, 5.41) is 2.88. The Morgan fingerprint density at radius 3 is 2.42 bits per heavy atom. The number of nitrogens with one attached hydrogen (secondary N) is 1. The van der Waals surface area contributed by atoms with Crippen LogP contribution in [0.3, 0.4) is 0 Å². The lowest BCUT2D eigenvalue weighted by Gasteiger charge is -2.15. The van der Waals surface area contributed by atoms with Gasteiger partial charge in [-0.3, -0.25) is 4.79 Å². The van der Waals surface area contributed by atoms with Crippen molar-refractivity contribution in [2.75, 3.05) is 18.4 Å². The largest absolute Gasteiger partial charge is 0.326 e. The molecule has 1 heterocycles. The third-order valence-electron chi connectivity index (χ3n) is 4.38. The minimum atomic E-state index is -3.38. The van der Waals surface area contributed by atoms with Crippen molar-refractivity contribution >= 4 is 44.2 Å². The van der Waals surface area contributed by atoms with E-state index in [4.69, 9.17) is 0 Å². The normalized spacial score (nSPS) is 15.1. The predicted octanol–water partition coefficient (Wildman–Crippen LogP) is 3.65. The molecule has 3 rings (SSSR count). The molecule has 0 bridgehead atoms. The highest BCUT2D eigenvalue weighted by Crippen LogP contribution is 2.21. The van der Waals surface area contributed by atoms with Crippen LogP contribution in [0.4, 0.5) is 5.69 Å². The maximum Gasteiger partial charge on any atom is 0.243 e. The molecule has 1 saturated heterocycles. The zero-order chi connectivity index (χ0) is 18.6. The first-order valence-corrected chi connectivity index (χ1v) is 11.1. The fourth-order valence-corrected chi connectivity index (χ4v) is 5.01. The van der Waals surface area contributed by atoms with Gasteiger partial charge in [0.15, 0.2) is 0 Å². The molecule has 0 spiro atoms. The van der Waals surface area contributed by atoms with Crippen LogP contribution in [0.2, 0.25) is 0 Å². The Bertz CT molecular complexity index is 876. The van der Waals surface area contributed by atoms with Crippen molar-refractivity contribution in [3.05, 3.63) is 57.7 Å². The number of amides is 1. The Morgan fingerprint density at radius 2 is 1.77 bits per heavy atom. The van der Waals surface area contributed by atoms with Crippen LogP contribution in [0.15, 0.2) is 53.4 Å². The first-order valence-electron chi connectivity index (χ1n) is 8.60. The second-order valence-corrected chi connectivity index (χ2v) is 9.50. The third-order valence-corrected chi connectivity index (χ3v) is 6.96. The average molecular weight is 484 g/mol. The van der Waals surface area contributed by atoms with Gasteiger partial charge in [0, 0.05) is 28.8 Å². The van der Waals surface area contributed by atoms with E-state index in [2.05, 4.69) is 27.9 Å². The van der Waals surface area contributed by atoms with Crippen molar-refractivity contribution in [3.63, 3.8) is 0 Å². The Labute approximate surface area is 168 Å². The minimum absolute atomic E-state index is 0.0548. The SMILES string of the molecule is O=C(CCc1ccc(S(=O)(=O)N2CCCC2)cc1)Nc1cccc(I)c1. The minimum Gasteiger partial charge on any atom is -0.326 e. The summed E-state index contributed by atoms with van der Waals surface area (Å²) in [5.74, 6) is -0.0548. The zero-order valence-corrected chi connectivity index (χ0v) is 17.3. The molecule has 1 N–H and O–H groups in total. The number of anilines is 1. The molecule has 0 atom stereocenters. The third kappa shape index (κ3) is 4.83. The summed E-state index contributed by atoms with van der Waals surface area (Å²) in [5.41, 5.74) is 1.73. The molecule has 0 aliphatic carbocycles. The molecule has 1 amide bonds. The number of hydrogen-bond donors (Lipinski definition) is 1. The number of halogens is 1. The molecule has 0 saturated carbocycles. The summed E-state index contributed by atoms with van der Waals surface area (Å²) in [6, 6.07) is 14.5. The lowest BCUT2D eigenvalue weighted by atomic mass is 10.1. The molecule has 1 aliphatic rings. The molecule has 1 aliphatic heterocycles. The Hall–Kier alpha value is -1.45. The van der Waals surface area contributed by atoms with Gasteiger partial charge in [0.1, 0.15) is 0 Å². The number of hydrogen-bond acceptors (Lipinski definition) is 3. The number of nitrogens with zero attached hydrogens (tertiary/aromatic N) is 1. The van der Waals surface area contributed by atoms with Crippen molar-refractivity contribution in [1.82, 2.24) is 4.31 Å². The fraction of sp³-hybridized carbons (Fsp3) is 0.316. The first kappa shape index (κ1) is 19.3. The molecule has 5 nitrogen and oxygen atoms in total. The van der Waals surface area contributed by atoms with Gasteiger partial charge in [-0.1, -0.05) is 18.2 Å². The molecule has 7 heteroatoms. The number of benzene rings is 2. The molecule has 2 aromatic rings. The fourth-order valence-electron chi connectivity index (χ4n) is 2.95. The second kappa shape index (κ2) is 8.49. The van der Waals surface area contributed by atoms with E-state index >= 15 is 0 Å². The van der Waals surface area contributed by atoms with Crippen LogP contribution in [0.25, 0.3) is 0 Å². The van der Waals surface area contributed by atoms with Gasteiger partial charge in [-0.05, 0) is 77.7 Å². The van der Waals surface area contributed by atoms with E-state index in [0.29, 0.717) is 30.8 Å². The van der Waals surface area contributed by atoms with E-state index in [0.717, 1.165) is 27.7 Å². The highest BCUT2D eigenvalue weighted by Gasteiger charge is 2.26. The highest BCUT2D eigenvalue weighted by atomic mass is 127. The molecular weight excluding hydrogens is 463 g/mol. The summed E-state index contributed by atoms with van der Waals surface area (Å²) in [4.78, 5) is 12.4. The van der Waals surface area contributed by atoms with Crippen LogP contribution in [-0.4, -0.2) is 31.7 Å². The van der Waals surface area contributed by atoms with Crippen molar-refractivity contribution in [2.24, 2.45) is 0 Å². The van der Waals surface area contributed by atoms with Crippen LogP contribution in [0, 0.1) is 3.57 Å². The number of carbonyl (C=O) groups excluding carboxylic acids is 1. The van der Waals surface area contributed by atoms with Gasteiger partial charge in [0.05, 0.1) is 4.90 Å². The summed E-state index contributed by atoms with van der Waals surface area (Å²) < 4.78 is 27.6. The molecule has 0 radical (unpaired) electrons. The standard InChI is InChI=1S/C19H21IN2O3S/c20-16-4-3-5-17(14-16)21-19(23)11-8-15-6-9-18(10-7-15)26(24,25)22-12-1-2-13-22/h3-7,9-10,14H,1-2,8,11-13H2,(H,21,23). The smallest absolute Gasteiger partial charge is 0.243 e. The molecule has 1 fully saturated rings. The van der Waals surface area contributed by atoms with E-state index in [1.54, 1.807) is 24.3 Å². The van der Waals surface area contributed by atoms with Crippen molar-refractivity contribution < 1.29 is 13.2 Å². The molecular formula is C19H21IN2O3S. The van der Waals surface area contributed by atoms with Crippen LogP contribution in [0.1, 0.15) is 24.8 Å². The Kier molecular flexibility index (Phi) is 6.31. The number of carbonyl (C=O) groups is 1. The highest BCUT2D eigenvalue weighted by molar-refractivity contribution is 14.1. The summed E-state index contributed by atoms with van der Waals surface area (Å²) in [7, 11) is -3.38. The van der Waals surface area contributed by atoms with E-state index in [1.165, 1.54) is 4.31 Å². The van der Waals surface area contributed by atoms with Crippen molar-refractivity contribution in [3.8, 4) is 0 Å². The number of sulfonamides is 1. The van der Waals surface area contributed by atoms with Gasteiger partial charge in [-0.25, -0.2) is 8.42 Å². The van der Waals surface area contributed by atoms with Gasteiger partial charge < -0.3 is 5.32 Å². The molecule has 2 aromatic carbocycles. The van der Waals surface area contributed by atoms with Crippen LogP contribution in [-0.2, 0) is 21.2 Å². The topological polar surface area (TPSA) is 66.5 Å². The van der Waals surface area contributed by atoms with Crippen molar-refractivity contribution in [1.29, 1.82) is 0 Å². The lowest BCUT2D eigenvalue weighted by Crippen LogP contribution is -2.27. The van der Waals surface area contributed by atoms with E-state index in [-0.39, 0.29) is 5.91 Å². The zero-order valence-electron chi connectivity index (χ0n) is 14.3. The van der Waals surface area contributed by atoms with Gasteiger partial charge in [-0.15, -0.1) is 0 Å². The van der Waals surface area contributed by atoms with Gasteiger partial charge in [-0.2, -0.15) is 4.31 Å². The summed E-state index contributed by atoms with van der Waals surface area (Å²) >= 11 is 2.20. The lowest BCUT2D eigenvalue weighted by molar-refractivity contribution is -0.116. The summed E-state index contributed by atoms with van der Waals surface area (Å²) in [6.45, 7) is 1.20. The molecule has 26 heavy (non-hydrogen) atoms. The maximum absolute atomic E-state index is 12.5. The quantitative estimate of drug-likeness (QED) is 0.637. The van der Waals surface area contributed by atoms with Crippen molar-refractivity contribution in [2.45, 2.75) is 30.6 Å². The number of rotatable bonds is 6. The van der Waals surface area contributed by atoms with E-state index in [1.807, 2.05) is 24.3 Å². The monoisotopic (exact) mass is 484 g/mol. The van der Waals surface area contributed by atoms with E-state index < -0.39 is 10.0 Å². The Balaban J connectivity index is 1.56. The molecule has 138 valence electrons. The van der Waals surface area contributed by atoms with Gasteiger partial charge in [0.25, 0.3) is 0 Å². The predicted molar refractivity (Wildman–Crippen MR) is 111 cm³/mol. The van der Waals surface area contributed by atoms with E-state index in [9.17, 15) is 13.2 Å². The molecule has 0 aromatic heterocycles. The molecule has 0 unspecified atom stereocenters. The summed E-state index contributed by atoms with van der Waals surface area (Å²) in [6.07, 6.45) is 2.77.